The minimum absolute atomic E-state index is 0.592. The molecule has 0 aliphatic rings. The van der Waals surface area contributed by atoms with E-state index in [2.05, 4.69) is 15.6 Å². The first-order chi connectivity index (χ1) is 2.27. The van der Waals surface area contributed by atoms with Crippen LogP contribution in [0.15, 0.2) is 0 Å². The molecule has 2 heteroatoms. The Kier molecular flexibility index (Phi) is 4.03. The summed E-state index contributed by atoms with van der Waals surface area (Å²) < 4.78 is 2.28. The van der Waals surface area contributed by atoms with E-state index in [9.17, 15) is 0 Å². The summed E-state index contributed by atoms with van der Waals surface area (Å²) in [5, 5.41) is 0. The quantitative estimate of drug-likeness (QED) is 0.487. The zero-order valence-corrected chi connectivity index (χ0v) is 6.76. The van der Waals surface area contributed by atoms with Crippen LogP contribution in [-0.4, -0.2) is 15.6 Å². The Hall–Kier alpha value is 1.10. The normalized spacial score (nSPS) is 9.00. The molecular formula is C3H7SZr+3. The van der Waals surface area contributed by atoms with Gasteiger partial charge in [-0.3, -0.25) is 0 Å². The molecule has 0 aromatic heterocycles. The van der Waals surface area contributed by atoms with Crippen LogP contribution in [0.4, 0.5) is 0 Å². The molecule has 0 fully saturated rings. The SMILES string of the molecule is C[S+](C)[CH]=[Zr+2]. The molecule has 5 heavy (non-hydrogen) atoms. The summed E-state index contributed by atoms with van der Waals surface area (Å²) in [5.41, 5.74) is 0. The van der Waals surface area contributed by atoms with E-state index in [4.69, 9.17) is 0 Å². The van der Waals surface area contributed by atoms with Crippen molar-refractivity contribution in [1.29, 1.82) is 0 Å². The molecule has 0 aromatic rings. The van der Waals surface area contributed by atoms with E-state index in [-0.39, 0.29) is 0 Å². The fourth-order valence-corrected chi connectivity index (χ4v) is 0. The summed E-state index contributed by atoms with van der Waals surface area (Å²) >= 11 is 1.55. The Balaban J connectivity index is 2.83. The molecule has 0 atom stereocenters. The predicted molar refractivity (Wildman–Crippen MR) is 25.3 cm³/mol. The molecule has 0 saturated heterocycles. The second-order valence-corrected chi connectivity index (χ2v) is 4.73. The average molecular weight is 166 g/mol. The van der Waals surface area contributed by atoms with Gasteiger partial charge in [0.1, 0.15) is 0 Å². The molecule has 0 rings (SSSR count). The number of rotatable bonds is 1. The van der Waals surface area contributed by atoms with Gasteiger partial charge in [-0.05, 0) is 0 Å². The number of hydrogen-bond acceptors (Lipinski definition) is 0. The third-order valence-corrected chi connectivity index (χ3v) is 4.18. The minimum atomic E-state index is 0.592. The molecule has 0 unspecified atom stereocenters. The zero-order chi connectivity index (χ0) is 4.28. The topological polar surface area (TPSA) is 0 Å². The van der Waals surface area contributed by atoms with Gasteiger partial charge >= 0.3 is 50.7 Å². The third kappa shape index (κ3) is 5.10. The first-order valence-corrected chi connectivity index (χ1v) is 4.86. The van der Waals surface area contributed by atoms with Crippen molar-refractivity contribution in [3.05, 3.63) is 0 Å². The van der Waals surface area contributed by atoms with Gasteiger partial charge in [-0.25, -0.2) is 0 Å². The van der Waals surface area contributed by atoms with Gasteiger partial charge in [0.05, 0.1) is 0 Å². The van der Waals surface area contributed by atoms with Crippen molar-refractivity contribution in [3.8, 4) is 0 Å². The second kappa shape index (κ2) is 3.30. The van der Waals surface area contributed by atoms with Crippen LogP contribution < -0.4 is 0 Å². The molecule has 0 heterocycles. The van der Waals surface area contributed by atoms with Gasteiger partial charge in [-0.15, -0.1) is 0 Å². The van der Waals surface area contributed by atoms with E-state index in [0.717, 1.165) is 0 Å². The molecule has 0 nitrogen and oxygen atoms in total. The van der Waals surface area contributed by atoms with Crippen LogP contribution >= 0.6 is 0 Å². The van der Waals surface area contributed by atoms with Gasteiger partial charge in [-0.1, -0.05) is 0 Å². The maximum atomic E-state index is 2.28. The van der Waals surface area contributed by atoms with E-state index in [1.165, 1.54) is 0 Å². The summed E-state index contributed by atoms with van der Waals surface area (Å²) in [6, 6.07) is 0. The Bertz CT molecular complexity index is 33.9. The zero-order valence-electron chi connectivity index (χ0n) is 3.49. The van der Waals surface area contributed by atoms with Crippen molar-refractivity contribution in [3.63, 3.8) is 0 Å². The van der Waals surface area contributed by atoms with Crippen molar-refractivity contribution in [2.75, 3.05) is 12.5 Å². The summed E-state index contributed by atoms with van der Waals surface area (Å²) in [6.07, 6.45) is 4.43. The van der Waals surface area contributed by atoms with Gasteiger partial charge in [0.15, 0.2) is 0 Å². The summed E-state index contributed by atoms with van der Waals surface area (Å²) in [7, 11) is 0.592. The summed E-state index contributed by atoms with van der Waals surface area (Å²) in [4.78, 5) is 0. The van der Waals surface area contributed by atoms with Crippen LogP contribution in [-0.2, 0) is 35.1 Å². The molecule has 26 valence electrons. The Labute approximate surface area is 50.6 Å². The Morgan fingerprint density at radius 3 is 1.80 bits per heavy atom. The van der Waals surface area contributed by atoms with Crippen LogP contribution in [0, 0.1) is 0 Å². The van der Waals surface area contributed by atoms with Crippen molar-refractivity contribution < 1.29 is 24.2 Å². The van der Waals surface area contributed by atoms with E-state index in [0.29, 0.717) is 10.9 Å². The second-order valence-electron chi connectivity index (χ2n) is 0.998. The Morgan fingerprint density at radius 1 is 1.60 bits per heavy atom. The van der Waals surface area contributed by atoms with Crippen molar-refractivity contribution >= 4 is 13.9 Å². The molecule has 0 bridgehead atoms. The van der Waals surface area contributed by atoms with Gasteiger partial charge in [0, 0.05) is 0 Å². The standard InChI is InChI=1S/C3H7S.Zr/c1-4(2)3;/h1H,2-3H3;/q+1;+2. The molecule has 0 aliphatic carbocycles. The molecule has 0 aromatic carbocycles. The van der Waals surface area contributed by atoms with Crippen molar-refractivity contribution in [2.24, 2.45) is 0 Å². The van der Waals surface area contributed by atoms with Crippen LogP contribution in [0.3, 0.4) is 0 Å². The van der Waals surface area contributed by atoms with Gasteiger partial charge in [-0.2, -0.15) is 0 Å². The van der Waals surface area contributed by atoms with Crippen molar-refractivity contribution in [2.45, 2.75) is 0 Å². The fourth-order valence-electron chi connectivity index (χ4n) is 0. The molecule has 0 amide bonds. The fraction of sp³-hybridized carbons (Fsp3) is 0.667. The molecule has 0 spiro atoms. The van der Waals surface area contributed by atoms with Gasteiger partial charge < -0.3 is 0 Å². The summed E-state index contributed by atoms with van der Waals surface area (Å²) in [5.74, 6) is 0. The van der Waals surface area contributed by atoms with Gasteiger partial charge in [0.25, 0.3) is 0 Å². The van der Waals surface area contributed by atoms with Crippen LogP contribution in [0.1, 0.15) is 0 Å². The van der Waals surface area contributed by atoms with E-state index in [1.54, 1.807) is 24.2 Å². The van der Waals surface area contributed by atoms with Crippen LogP contribution in [0.25, 0.3) is 0 Å². The predicted octanol–water partition coefficient (Wildman–Crippen LogP) is 0.171. The average Bonchev–Trinajstić information content (AvgIpc) is 1.38. The Morgan fingerprint density at radius 2 is 1.80 bits per heavy atom. The molecular weight excluding hydrogens is 159 g/mol. The summed E-state index contributed by atoms with van der Waals surface area (Å²) in [6.45, 7) is 0. The molecule has 0 saturated carbocycles. The van der Waals surface area contributed by atoms with Crippen molar-refractivity contribution in [1.82, 2.24) is 0 Å². The van der Waals surface area contributed by atoms with Crippen LogP contribution in [0.2, 0.25) is 0 Å². The van der Waals surface area contributed by atoms with E-state index < -0.39 is 0 Å². The first kappa shape index (κ1) is 6.10. The third-order valence-electron chi connectivity index (χ3n) is 0.236. The number of hydrogen-bond donors (Lipinski definition) is 0. The van der Waals surface area contributed by atoms with Crippen LogP contribution in [0.5, 0.6) is 0 Å². The van der Waals surface area contributed by atoms with E-state index >= 15 is 0 Å². The maximum absolute atomic E-state index is 2.28. The molecule has 0 radical (unpaired) electrons. The van der Waals surface area contributed by atoms with E-state index in [1.807, 2.05) is 0 Å². The first-order valence-electron chi connectivity index (χ1n) is 1.34. The molecule has 0 aliphatic heterocycles. The monoisotopic (exact) mass is 165 g/mol. The van der Waals surface area contributed by atoms with Gasteiger partial charge in [0.2, 0.25) is 0 Å². The molecule has 0 N–H and O–H groups in total.